The van der Waals surface area contributed by atoms with Crippen LogP contribution in [0.2, 0.25) is 0 Å². The van der Waals surface area contributed by atoms with E-state index in [0.717, 1.165) is 55.8 Å². The maximum Gasteiger partial charge on any atom is 2.00 e. The molecule has 0 spiro atoms. The average molecular weight is 723 g/mol. The Kier molecular flexibility index (Phi) is 8.71. The monoisotopic (exact) mass is 722 g/mol. The summed E-state index contributed by atoms with van der Waals surface area (Å²) in [5, 5.41) is 7.28. The summed E-state index contributed by atoms with van der Waals surface area (Å²) in [6.45, 7) is 19.6. The Morgan fingerprint density at radius 1 is 0.708 bits per heavy atom. The van der Waals surface area contributed by atoms with E-state index in [0.29, 0.717) is 11.5 Å². The van der Waals surface area contributed by atoms with Gasteiger partial charge in [-0.1, -0.05) is 63.5 Å². The number of aromatic nitrogens is 4. The van der Waals surface area contributed by atoms with Crippen LogP contribution in [0.3, 0.4) is 0 Å². The van der Waals surface area contributed by atoms with E-state index < -0.39 is 0 Å². The summed E-state index contributed by atoms with van der Waals surface area (Å²) in [6.07, 6.45) is 1.85. The first-order valence-corrected chi connectivity index (χ1v) is 16.2. The fourth-order valence-corrected chi connectivity index (χ4v) is 6.79. The second kappa shape index (κ2) is 12.5. The summed E-state index contributed by atoms with van der Waals surface area (Å²) in [5.74, 6) is 2.08. The van der Waals surface area contributed by atoms with Crippen molar-refractivity contribution >= 4 is 21.8 Å². The SMILES string of the molecule is Cc1cc(Oc2[c-]c3c(cc2)c2ccccc2n3-c2cc(C)ccn2)[c-]c(-n2nc(C)c(-c3c(C)cc(C(C)(C)C)cc3C)c2C)c1.[Pd+2]. The van der Waals surface area contributed by atoms with Crippen LogP contribution in [0.25, 0.3) is 44.4 Å². The molecule has 0 amide bonds. The van der Waals surface area contributed by atoms with Crippen LogP contribution in [0.5, 0.6) is 11.5 Å². The molecule has 0 bridgehead atoms. The van der Waals surface area contributed by atoms with Crippen molar-refractivity contribution in [2.24, 2.45) is 0 Å². The molecule has 0 saturated heterocycles. The molecule has 7 rings (SSSR count). The van der Waals surface area contributed by atoms with E-state index in [1.54, 1.807) is 0 Å². The molecule has 0 aliphatic rings. The van der Waals surface area contributed by atoms with Gasteiger partial charge in [-0.2, -0.15) is 16.7 Å². The van der Waals surface area contributed by atoms with Gasteiger partial charge in [0.2, 0.25) is 0 Å². The van der Waals surface area contributed by atoms with Gasteiger partial charge in [-0.3, -0.25) is 4.68 Å². The Morgan fingerprint density at radius 3 is 2.15 bits per heavy atom. The zero-order chi connectivity index (χ0) is 33.2. The maximum absolute atomic E-state index is 6.50. The largest absolute Gasteiger partial charge is 2.00 e. The molecule has 244 valence electrons. The molecule has 5 nitrogen and oxygen atoms in total. The van der Waals surface area contributed by atoms with E-state index in [1.807, 2.05) is 29.1 Å². The summed E-state index contributed by atoms with van der Waals surface area (Å²) in [4.78, 5) is 4.70. The first-order valence-electron chi connectivity index (χ1n) is 16.2. The van der Waals surface area contributed by atoms with Crippen LogP contribution in [0, 0.1) is 53.7 Å². The molecule has 0 fully saturated rings. The number of ether oxygens (including phenoxy) is 1. The Bertz CT molecular complexity index is 2310. The van der Waals surface area contributed by atoms with Gasteiger partial charge in [0.15, 0.2) is 0 Å². The van der Waals surface area contributed by atoms with Crippen LogP contribution in [-0.4, -0.2) is 19.3 Å². The number of benzene rings is 4. The van der Waals surface area contributed by atoms with Gasteiger partial charge in [-0.05, 0) is 97.1 Å². The van der Waals surface area contributed by atoms with Gasteiger partial charge >= 0.3 is 20.4 Å². The van der Waals surface area contributed by atoms with Gasteiger partial charge in [0.25, 0.3) is 0 Å². The fraction of sp³-hybridized carbons (Fsp3) is 0.238. The number of hydrogen-bond donors (Lipinski definition) is 0. The summed E-state index contributed by atoms with van der Waals surface area (Å²) in [6, 6.07) is 32.4. The summed E-state index contributed by atoms with van der Waals surface area (Å²) in [5.41, 5.74) is 13.5. The number of fused-ring (bicyclic) bond motifs is 3. The third-order valence-electron chi connectivity index (χ3n) is 9.05. The zero-order valence-corrected chi connectivity index (χ0v) is 30.6. The molecule has 4 aromatic carbocycles. The van der Waals surface area contributed by atoms with Gasteiger partial charge in [0.05, 0.1) is 5.69 Å². The third kappa shape index (κ3) is 5.89. The first-order chi connectivity index (χ1) is 22.4. The van der Waals surface area contributed by atoms with Crippen LogP contribution < -0.4 is 4.74 Å². The molecule has 0 N–H and O–H groups in total. The van der Waals surface area contributed by atoms with Crippen LogP contribution >= 0.6 is 0 Å². The molecule has 48 heavy (non-hydrogen) atoms. The van der Waals surface area contributed by atoms with Crippen LogP contribution in [0.15, 0.2) is 79.0 Å². The minimum atomic E-state index is 0. The molecule has 0 atom stereocenters. The Morgan fingerprint density at radius 2 is 1.44 bits per heavy atom. The Hall–Kier alpha value is -4.50. The van der Waals surface area contributed by atoms with Crippen molar-refractivity contribution in [3.05, 3.63) is 130 Å². The fourth-order valence-electron chi connectivity index (χ4n) is 6.79. The summed E-state index contributed by atoms with van der Waals surface area (Å²) >= 11 is 0. The van der Waals surface area contributed by atoms with E-state index in [2.05, 4.69) is 134 Å². The molecule has 0 saturated carbocycles. The second-order valence-corrected chi connectivity index (χ2v) is 13.8. The average Bonchev–Trinajstić information content (AvgIpc) is 3.49. The first kappa shape index (κ1) is 33.4. The maximum atomic E-state index is 6.50. The molecule has 0 radical (unpaired) electrons. The summed E-state index contributed by atoms with van der Waals surface area (Å²) < 4.78 is 10.7. The van der Waals surface area contributed by atoms with Gasteiger partial charge in [0, 0.05) is 34.5 Å². The van der Waals surface area contributed by atoms with Crippen molar-refractivity contribution in [3.63, 3.8) is 0 Å². The molecule has 0 aliphatic carbocycles. The molecule has 6 heteroatoms. The minimum absolute atomic E-state index is 0. The number of para-hydroxylation sites is 1. The van der Waals surface area contributed by atoms with Gasteiger partial charge in [0.1, 0.15) is 5.82 Å². The third-order valence-corrected chi connectivity index (χ3v) is 9.05. The number of aryl methyl sites for hydroxylation is 5. The van der Waals surface area contributed by atoms with Crippen LogP contribution in [0.4, 0.5) is 0 Å². The van der Waals surface area contributed by atoms with E-state index in [9.17, 15) is 0 Å². The van der Waals surface area contributed by atoms with Gasteiger partial charge in [-0.25, -0.2) is 4.98 Å². The van der Waals surface area contributed by atoms with Crippen molar-refractivity contribution < 1.29 is 25.2 Å². The standard InChI is InChI=1S/C42H40N4O.Pd/c1-25-16-17-43-39(20-25)45-37-13-11-10-12-35(37)36-15-14-33(24-38(36)45)47-34-19-26(2)18-32(23-34)46-30(6)41(29(5)44-46)40-27(3)21-31(22-28(40)4)42(7,8)9;/h10-22H,1-9H3;/q-2;+2. The molecular formula is C42H40N4OPd. The number of rotatable bonds is 5. The second-order valence-electron chi connectivity index (χ2n) is 13.8. The number of hydrogen-bond acceptors (Lipinski definition) is 3. The van der Waals surface area contributed by atoms with Crippen molar-refractivity contribution in [3.8, 4) is 34.1 Å². The number of nitrogens with zero attached hydrogens (tertiary/aromatic N) is 4. The summed E-state index contributed by atoms with van der Waals surface area (Å²) in [7, 11) is 0. The predicted octanol–water partition coefficient (Wildman–Crippen LogP) is 10.6. The quantitative estimate of drug-likeness (QED) is 0.131. The van der Waals surface area contributed by atoms with Gasteiger partial charge in [-0.15, -0.1) is 35.7 Å². The van der Waals surface area contributed by atoms with Crippen molar-refractivity contribution in [1.29, 1.82) is 0 Å². The Balaban J connectivity index is 0.00000401. The molecule has 0 aliphatic heterocycles. The van der Waals surface area contributed by atoms with Gasteiger partial charge < -0.3 is 9.30 Å². The van der Waals surface area contributed by atoms with Crippen molar-refractivity contribution in [1.82, 2.24) is 19.3 Å². The zero-order valence-electron chi connectivity index (χ0n) is 29.0. The molecule has 3 aromatic heterocycles. The van der Waals surface area contributed by atoms with Crippen molar-refractivity contribution in [2.45, 2.75) is 67.7 Å². The van der Waals surface area contributed by atoms with E-state index in [-0.39, 0.29) is 25.8 Å². The van der Waals surface area contributed by atoms with E-state index >= 15 is 0 Å². The minimum Gasteiger partial charge on any atom is -0.509 e. The smallest absolute Gasteiger partial charge is 0.509 e. The topological polar surface area (TPSA) is 44.9 Å². The molecule has 7 aromatic rings. The van der Waals surface area contributed by atoms with Crippen molar-refractivity contribution in [2.75, 3.05) is 0 Å². The number of pyridine rings is 1. The normalized spacial score (nSPS) is 11.7. The molecular weight excluding hydrogens is 683 g/mol. The Labute approximate surface area is 297 Å². The van der Waals surface area contributed by atoms with E-state index in [1.165, 1.54) is 27.8 Å². The van der Waals surface area contributed by atoms with Crippen LogP contribution in [-0.2, 0) is 25.8 Å². The van der Waals surface area contributed by atoms with Crippen LogP contribution in [0.1, 0.15) is 60.0 Å². The molecule has 3 heterocycles. The van der Waals surface area contributed by atoms with E-state index in [4.69, 9.17) is 14.8 Å². The predicted molar refractivity (Wildman–Crippen MR) is 192 cm³/mol. The molecule has 0 unspecified atom stereocenters.